The highest BCUT2D eigenvalue weighted by atomic mass is 28.4. The molecule has 2 aromatic carbocycles. The molecule has 8 nitrogen and oxygen atoms in total. The summed E-state index contributed by atoms with van der Waals surface area (Å²) in [6.07, 6.45) is 5.15. The fourth-order valence-electron chi connectivity index (χ4n) is 8.50. The van der Waals surface area contributed by atoms with Crippen molar-refractivity contribution in [1.29, 1.82) is 0 Å². The Kier molecular flexibility index (Phi) is 22.8. The van der Waals surface area contributed by atoms with Gasteiger partial charge in [0.15, 0.2) is 8.32 Å². The summed E-state index contributed by atoms with van der Waals surface area (Å²) < 4.78 is 38.2. The zero-order valence-electron chi connectivity index (χ0n) is 42.4. The van der Waals surface area contributed by atoms with E-state index in [1.807, 2.05) is 37.3 Å². The number of hydrogen-bond acceptors (Lipinski definition) is 8. The molecular weight excluding hydrogens is 821 g/mol. The molecule has 0 fully saturated rings. The van der Waals surface area contributed by atoms with Crippen LogP contribution in [0.5, 0.6) is 17.2 Å². The van der Waals surface area contributed by atoms with Gasteiger partial charge in [-0.25, -0.2) is 4.79 Å². The Balaban J connectivity index is 2.57. The predicted octanol–water partition coefficient (Wildman–Crippen LogP) is 13.3. The van der Waals surface area contributed by atoms with Crippen molar-refractivity contribution < 1.29 is 37.7 Å². The van der Waals surface area contributed by atoms with Crippen LogP contribution in [0.15, 0.2) is 48.6 Å². The van der Waals surface area contributed by atoms with Crippen molar-refractivity contribution >= 4 is 22.6 Å². The summed E-state index contributed by atoms with van der Waals surface area (Å²) in [5.74, 6) is 12.9. The van der Waals surface area contributed by atoms with Crippen LogP contribution in [-0.4, -0.2) is 66.8 Å². The lowest BCUT2D eigenvalue weighted by Gasteiger charge is -2.46. The third-order valence-corrected chi connectivity index (χ3v) is 23.9. The number of hydrogen-bond donors (Lipinski definition) is 1. The summed E-state index contributed by atoms with van der Waals surface area (Å²) in [5.41, 5.74) is 2.88. The monoisotopic (exact) mass is 905 g/mol. The fraction of sp³-hybridized carbons (Fsp3) is 0.642. The number of ether oxygens (including phenoxy) is 4. The largest absolute Gasteiger partial charge is 0.507 e. The van der Waals surface area contributed by atoms with E-state index in [-0.39, 0.29) is 46.3 Å². The van der Waals surface area contributed by atoms with Gasteiger partial charge in [-0.2, -0.15) is 0 Å². The first-order valence-corrected chi connectivity index (χ1v) is 28.2. The van der Waals surface area contributed by atoms with Gasteiger partial charge in [-0.1, -0.05) is 113 Å². The highest BCUT2D eigenvalue weighted by Crippen LogP contribution is 2.45. The first-order chi connectivity index (χ1) is 29.5. The zero-order valence-corrected chi connectivity index (χ0v) is 44.4. The molecule has 0 unspecified atom stereocenters. The molecule has 0 saturated carbocycles. The molecule has 0 saturated heterocycles. The van der Waals surface area contributed by atoms with E-state index >= 15 is 0 Å². The lowest BCUT2D eigenvalue weighted by molar-refractivity contribution is -0.0217. The summed E-state index contributed by atoms with van der Waals surface area (Å²) in [6, 6.07) is 11.2. The molecule has 0 aromatic heterocycles. The quantitative estimate of drug-likeness (QED) is 0.0346. The Morgan fingerprint density at radius 1 is 0.762 bits per heavy atom. The summed E-state index contributed by atoms with van der Waals surface area (Å²) in [4.78, 5) is 14.8. The molecule has 0 bridgehead atoms. The number of benzene rings is 2. The van der Waals surface area contributed by atoms with Gasteiger partial charge in [-0.3, -0.25) is 0 Å². The van der Waals surface area contributed by atoms with E-state index in [4.69, 9.17) is 27.8 Å². The van der Waals surface area contributed by atoms with Gasteiger partial charge in [-0.15, -0.1) is 17.8 Å². The summed E-state index contributed by atoms with van der Waals surface area (Å²) in [7, 11) is -1.45. The lowest BCUT2D eigenvalue weighted by Crippen LogP contribution is -2.51. The van der Waals surface area contributed by atoms with Crippen molar-refractivity contribution in [3.05, 3.63) is 65.2 Å². The Bertz CT molecular complexity index is 1830. The van der Waals surface area contributed by atoms with Crippen molar-refractivity contribution in [2.24, 2.45) is 17.8 Å². The number of carbonyl (C=O) groups excluding carboxylic acids is 1. The topological polar surface area (TPSA) is 92.7 Å². The highest BCUT2D eigenvalue weighted by molar-refractivity contribution is 6.77. The molecule has 352 valence electrons. The van der Waals surface area contributed by atoms with Crippen LogP contribution >= 0.6 is 0 Å². The molecule has 0 amide bonds. The van der Waals surface area contributed by atoms with Crippen LogP contribution in [-0.2, 0) is 31.4 Å². The molecule has 0 radical (unpaired) electrons. The Morgan fingerprint density at radius 3 is 1.86 bits per heavy atom. The number of esters is 1. The third kappa shape index (κ3) is 15.9. The van der Waals surface area contributed by atoms with Crippen LogP contribution in [0.25, 0.3) is 0 Å². The van der Waals surface area contributed by atoms with Crippen molar-refractivity contribution in [2.45, 2.75) is 182 Å². The van der Waals surface area contributed by atoms with E-state index in [2.05, 4.69) is 132 Å². The van der Waals surface area contributed by atoms with Gasteiger partial charge in [0.2, 0.25) is 8.32 Å². The average Bonchev–Trinajstić information content (AvgIpc) is 3.21. The molecule has 0 heterocycles. The number of phenols is 1. The van der Waals surface area contributed by atoms with Crippen LogP contribution < -0.4 is 9.47 Å². The second kappa shape index (κ2) is 25.8. The SMILES string of the molecule is CC#CC[C@H](OC(=O)c1c(O)cc(OC)cc1C[C@@H](O[Si](C(C)C)(C(C)C)C(C)C)[C@@H](C)CC#CC)[C@@H](C)[C@H](O[Si](C)(C)C(C)(C)C)[C@H](C)C/C=C\COCc1ccc(OC)cc1. The molecular formula is C53H84O8Si2. The first kappa shape index (κ1) is 55.6. The minimum absolute atomic E-state index is 0.0470. The van der Waals surface area contributed by atoms with E-state index < -0.39 is 28.7 Å². The predicted molar refractivity (Wildman–Crippen MR) is 266 cm³/mol. The second-order valence-electron chi connectivity index (χ2n) is 19.8. The normalized spacial score (nSPS) is 15.3. The number of rotatable bonds is 25. The lowest BCUT2D eigenvalue weighted by atomic mass is 9.86. The first-order valence-electron chi connectivity index (χ1n) is 23.1. The second-order valence-corrected chi connectivity index (χ2v) is 30.0. The fourth-order valence-corrected chi connectivity index (χ4v) is 15.6. The van der Waals surface area contributed by atoms with Crippen LogP contribution in [0.3, 0.4) is 0 Å². The molecule has 0 spiro atoms. The smallest absolute Gasteiger partial charge is 0.342 e. The summed E-state index contributed by atoms with van der Waals surface area (Å²) in [6.45, 7) is 36.0. The minimum atomic E-state index is -2.37. The molecule has 6 atom stereocenters. The van der Waals surface area contributed by atoms with Crippen LogP contribution in [0.4, 0.5) is 0 Å². The molecule has 10 heteroatoms. The van der Waals surface area contributed by atoms with E-state index in [9.17, 15) is 9.90 Å². The Labute approximate surface area is 385 Å². The number of aromatic hydroxyl groups is 1. The van der Waals surface area contributed by atoms with Crippen molar-refractivity contribution in [3.8, 4) is 40.9 Å². The van der Waals surface area contributed by atoms with Crippen molar-refractivity contribution in [2.75, 3.05) is 20.8 Å². The number of carbonyl (C=O) groups is 1. The minimum Gasteiger partial charge on any atom is -0.507 e. The molecule has 0 aliphatic carbocycles. The average molecular weight is 905 g/mol. The zero-order chi connectivity index (χ0) is 47.7. The molecule has 63 heavy (non-hydrogen) atoms. The van der Waals surface area contributed by atoms with Gasteiger partial charge in [-0.05, 0) is 103 Å². The van der Waals surface area contributed by atoms with E-state index in [0.29, 0.717) is 60.4 Å². The molecule has 2 rings (SSSR count). The van der Waals surface area contributed by atoms with Gasteiger partial charge in [0, 0.05) is 24.8 Å². The highest BCUT2D eigenvalue weighted by Gasteiger charge is 2.48. The maximum atomic E-state index is 14.8. The van der Waals surface area contributed by atoms with Crippen molar-refractivity contribution in [1.82, 2.24) is 0 Å². The summed E-state index contributed by atoms with van der Waals surface area (Å²) >= 11 is 0. The Morgan fingerprint density at radius 2 is 1.33 bits per heavy atom. The standard InChI is InChI=1S/C53H84O8Si2/c1-19-21-25-40(9)49(60-63(37(3)4,38(5)6)39(7)8)34-44-33-46(57-16)35-47(54)50(44)52(55)59-48(27-22-20-2)42(11)51(61-62(17,18)53(12,13)14)41(10)26-23-24-32-58-36-43-28-30-45(56-15)31-29-43/h23-24,28-31,33,35,37-42,48-49,51,54H,25-27,32,34,36H2,1-18H3/b24-23-/t40-,41+,42+,48-,49+,51+/m0/s1. The van der Waals surface area contributed by atoms with Gasteiger partial charge >= 0.3 is 5.97 Å². The Hall–Kier alpha value is -3.52. The van der Waals surface area contributed by atoms with Gasteiger partial charge in [0.05, 0.1) is 39.6 Å². The number of allylic oxidation sites excluding steroid dienone is 1. The van der Waals surface area contributed by atoms with E-state index in [1.165, 1.54) is 6.07 Å². The molecule has 2 aromatic rings. The molecule has 1 N–H and O–H groups in total. The maximum Gasteiger partial charge on any atom is 0.342 e. The van der Waals surface area contributed by atoms with Gasteiger partial charge < -0.3 is 32.9 Å². The van der Waals surface area contributed by atoms with Crippen LogP contribution in [0.2, 0.25) is 34.8 Å². The number of phenolic OH excluding ortho intramolecular Hbond substituents is 1. The van der Waals surface area contributed by atoms with Crippen LogP contribution in [0, 0.1) is 41.4 Å². The maximum absolute atomic E-state index is 14.8. The van der Waals surface area contributed by atoms with E-state index in [0.717, 1.165) is 17.7 Å². The van der Waals surface area contributed by atoms with Gasteiger partial charge in [0.25, 0.3) is 0 Å². The van der Waals surface area contributed by atoms with Gasteiger partial charge in [0.1, 0.15) is 28.9 Å². The molecule has 0 aliphatic rings. The molecule has 0 aliphatic heterocycles. The van der Waals surface area contributed by atoms with E-state index in [1.54, 1.807) is 21.1 Å². The third-order valence-electron chi connectivity index (χ3n) is 13.3. The van der Waals surface area contributed by atoms with Crippen LogP contribution in [0.1, 0.15) is 138 Å². The number of methoxy groups -OCH3 is 2. The summed E-state index contributed by atoms with van der Waals surface area (Å²) in [5, 5.41) is 11.6. The van der Waals surface area contributed by atoms with Crippen molar-refractivity contribution in [3.63, 3.8) is 0 Å².